The van der Waals surface area contributed by atoms with E-state index in [4.69, 9.17) is 10.2 Å². The number of furan rings is 1. The number of nitro benzene ring substituents is 1. The Kier molecular flexibility index (Phi) is 3.34. The predicted molar refractivity (Wildman–Crippen MR) is 69.4 cm³/mol. The van der Waals surface area contributed by atoms with E-state index in [-0.39, 0.29) is 22.8 Å². The summed E-state index contributed by atoms with van der Waals surface area (Å²) in [5.41, 5.74) is 5.60. The molecule has 0 saturated heterocycles. The molecule has 1 heterocycles. The van der Waals surface area contributed by atoms with Gasteiger partial charge < -0.3 is 10.2 Å². The summed E-state index contributed by atoms with van der Waals surface area (Å²) in [6.07, 6.45) is 0.519. The molecule has 7 heteroatoms. The summed E-state index contributed by atoms with van der Waals surface area (Å²) in [4.78, 5) is 32.3. The van der Waals surface area contributed by atoms with E-state index in [0.29, 0.717) is 17.4 Å². The SMILES string of the molecule is Cc1c(-c2ccc(C=O)o2)cc(C(N)=O)cc1[N+](=O)[O-]. The molecule has 0 aliphatic heterocycles. The first kappa shape index (κ1) is 13.5. The molecule has 0 saturated carbocycles. The first-order chi connectivity index (χ1) is 9.43. The number of nitro groups is 1. The molecule has 2 N–H and O–H groups in total. The maximum atomic E-state index is 11.2. The van der Waals surface area contributed by atoms with E-state index < -0.39 is 10.8 Å². The van der Waals surface area contributed by atoms with Crippen LogP contribution in [0.4, 0.5) is 5.69 Å². The van der Waals surface area contributed by atoms with Gasteiger partial charge in [-0.15, -0.1) is 0 Å². The van der Waals surface area contributed by atoms with Crippen molar-refractivity contribution in [2.24, 2.45) is 5.73 Å². The third kappa shape index (κ3) is 2.28. The molecule has 0 atom stereocenters. The highest BCUT2D eigenvalue weighted by atomic mass is 16.6. The highest BCUT2D eigenvalue weighted by Crippen LogP contribution is 2.32. The van der Waals surface area contributed by atoms with Crippen molar-refractivity contribution in [3.05, 3.63) is 51.3 Å². The fraction of sp³-hybridized carbons (Fsp3) is 0.0769. The van der Waals surface area contributed by atoms with Crippen LogP contribution in [0.2, 0.25) is 0 Å². The lowest BCUT2D eigenvalue weighted by Crippen LogP contribution is -2.12. The minimum absolute atomic E-state index is 0.00125. The van der Waals surface area contributed by atoms with E-state index in [9.17, 15) is 19.7 Å². The quantitative estimate of drug-likeness (QED) is 0.520. The second-order valence-corrected chi connectivity index (χ2v) is 4.11. The summed E-state index contributed by atoms with van der Waals surface area (Å²) in [5, 5.41) is 11.0. The molecular weight excluding hydrogens is 264 g/mol. The normalized spacial score (nSPS) is 10.2. The molecule has 20 heavy (non-hydrogen) atoms. The Labute approximate surface area is 113 Å². The van der Waals surface area contributed by atoms with Gasteiger partial charge in [0.2, 0.25) is 5.91 Å². The van der Waals surface area contributed by atoms with Gasteiger partial charge in [0, 0.05) is 22.8 Å². The predicted octanol–water partition coefficient (Wildman–Crippen LogP) is 2.07. The van der Waals surface area contributed by atoms with Crippen molar-refractivity contribution in [2.45, 2.75) is 6.92 Å². The smallest absolute Gasteiger partial charge is 0.273 e. The zero-order valence-corrected chi connectivity index (χ0v) is 10.5. The van der Waals surface area contributed by atoms with E-state index in [0.717, 1.165) is 6.07 Å². The van der Waals surface area contributed by atoms with Crippen molar-refractivity contribution in [3.8, 4) is 11.3 Å². The highest BCUT2D eigenvalue weighted by Gasteiger charge is 2.20. The second-order valence-electron chi connectivity index (χ2n) is 4.11. The molecule has 0 unspecified atom stereocenters. The molecule has 0 aliphatic carbocycles. The molecule has 7 nitrogen and oxygen atoms in total. The summed E-state index contributed by atoms with van der Waals surface area (Å²) in [6, 6.07) is 5.45. The third-order valence-electron chi connectivity index (χ3n) is 2.87. The van der Waals surface area contributed by atoms with Gasteiger partial charge in [0.1, 0.15) is 5.76 Å². The number of rotatable bonds is 4. The zero-order valence-electron chi connectivity index (χ0n) is 10.5. The van der Waals surface area contributed by atoms with Crippen molar-refractivity contribution < 1.29 is 18.9 Å². The van der Waals surface area contributed by atoms with E-state index in [1.807, 2.05) is 0 Å². The molecule has 1 amide bonds. The van der Waals surface area contributed by atoms with Gasteiger partial charge in [-0.1, -0.05) is 0 Å². The van der Waals surface area contributed by atoms with Gasteiger partial charge in [-0.3, -0.25) is 19.7 Å². The van der Waals surface area contributed by atoms with Crippen molar-refractivity contribution in [3.63, 3.8) is 0 Å². The molecule has 102 valence electrons. The van der Waals surface area contributed by atoms with Gasteiger partial charge in [-0.25, -0.2) is 0 Å². The number of benzene rings is 1. The van der Waals surface area contributed by atoms with Crippen molar-refractivity contribution >= 4 is 17.9 Å². The first-order valence-electron chi connectivity index (χ1n) is 5.58. The Hall–Kier alpha value is -2.96. The number of hydrogen-bond acceptors (Lipinski definition) is 5. The number of nitrogens with two attached hydrogens (primary N) is 1. The highest BCUT2D eigenvalue weighted by molar-refractivity contribution is 5.95. The minimum atomic E-state index is -0.781. The first-order valence-corrected chi connectivity index (χ1v) is 5.58. The van der Waals surface area contributed by atoms with E-state index in [1.165, 1.54) is 25.1 Å². The molecule has 0 aliphatic rings. The van der Waals surface area contributed by atoms with E-state index >= 15 is 0 Å². The Morgan fingerprint density at radius 2 is 2.10 bits per heavy atom. The number of aldehydes is 1. The standard InChI is InChI=1S/C13H10N2O5/c1-7-10(12-3-2-9(6-16)20-12)4-8(13(14)17)5-11(7)15(18)19/h2-6H,1H3,(H2,14,17). The van der Waals surface area contributed by atoms with Crippen LogP contribution in [-0.2, 0) is 0 Å². The summed E-state index contributed by atoms with van der Waals surface area (Å²) in [5.74, 6) is -0.432. The van der Waals surface area contributed by atoms with Crippen LogP contribution in [0.25, 0.3) is 11.3 Å². The van der Waals surface area contributed by atoms with Gasteiger partial charge in [-0.2, -0.15) is 0 Å². The van der Waals surface area contributed by atoms with Crippen LogP contribution < -0.4 is 5.73 Å². The number of hydrogen-bond donors (Lipinski definition) is 1. The molecule has 0 radical (unpaired) electrons. The fourth-order valence-electron chi connectivity index (χ4n) is 1.85. The van der Waals surface area contributed by atoms with E-state index in [2.05, 4.69) is 0 Å². The van der Waals surface area contributed by atoms with Gasteiger partial charge in [0.05, 0.1) is 4.92 Å². The maximum Gasteiger partial charge on any atom is 0.273 e. The van der Waals surface area contributed by atoms with Crippen LogP contribution in [0.5, 0.6) is 0 Å². The van der Waals surface area contributed by atoms with Gasteiger partial charge >= 0.3 is 0 Å². The number of carbonyl (C=O) groups is 2. The number of carbonyl (C=O) groups excluding carboxylic acids is 2. The van der Waals surface area contributed by atoms with Crippen LogP contribution in [0.3, 0.4) is 0 Å². The summed E-state index contributed by atoms with van der Waals surface area (Å²) in [7, 11) is 0. The Morgan fingerprint density at radius 3 is 2.60 bits per heavy atom. The topological polar surface area (TPSA) is 116 Å². The lowest BCUT2D eigenvalue weighted by Gasteiger charge is -2.06. The van der Waals surface area contributed by atoms with Crippen LogP contribution in [0, 0.1) is 17.0 Å². The van der Waals surface area contributed by atoms with E-state index in [1.54, 1.807) is 0 Å². The van der Waals surface area contributed by atoms with Crippen LogP contribution in [0.1, 0.15) is 26.5 Å². The monoisotopic (exact) mass is 274 g/mol. The van der Waals surface area contributed by atoms with Crippen LogP contribution in [0.15, 0.2) is 28.7 Å². The number of amides is 1. The molecule has 0 spiro atoms. The second kappa shape index (κ2) is 4.96. The zero-order chi connectivity index (χ0) is 14.9. The van der Waals surface area contributed by atoms with Crippen molar-refractivity contribution in [1.29, 1.82) is 0 Å². The molecule has 1 aromatic heterocycles. The third-order valence-corrected chi connectivity index (χ3v) is 2.87. The largest absolute Gasteiger partial charge is 0.453 e. The average molecular weight is 274 g/mol. The lowest BCUT2D eigenvalue weighted by molar-refractivity contribution is -0.385. The van der Waals surface area contributed by atoms with Crippen LogP contribution in [-0.4, -0.2) is 17.1 Å². The van der Waals surface area contributed by atoms with Gasteiger partial charge in [0.25, 0.3) is 5.69 Å². The van der Waals surface area contributed by atoms with Crippen LogP contribution >= 0.6 is 0 Å². The molecule has 2 aromatic rings. The summed E-state index contributed by atoms with van der Waals surface area (Å²) < 4.78 is 5.23. The molecule has 2 rings (SSSR count). The fourth-order valence-corrected chi connectivity index (χ4v) is 1.85. The number of nitrogens with zero attached hydrogens (tertiary/aromatic N) is 1. The Balaban J connectivity index is 2.70. The molecule has 0 bridgehead atoms. The number of primary amides is 1. The molecule has 0 fully saturated rings. The van der Waals surface area contributed by atoms with Crippen molar-refractivity contribution in [2.75, 3.05) is 0 Å². The lowest BCUT2D eigenvalue weighted by atomic mass is 10.0. The Bertz CT molecular complexity index is 718. The summed E-state index contributed by atoms with van der Waals surface area (Å²) in [6.45, 7) is 1.53. The van der Waals surface area contributed by atoms with Crippen molar-refractivity contribution in [1.82, 2.24) is 0 Å². The summed E-state index contributed by atoms with van der Waals surface area (Å²) >= 11 is 0. The minimum Gasteiger partial charge on any atom is -0.453 e. The molecular formula is C13H10N2O5. The maximum absolute atomic E-state index is 11.2. The molecule has 1 aromatic carbocycles. The van der Waals surface area contributed by atoms with Gasteiger partial charge in [0.15, 0.2) is 12.0 Å². The average Bonchev–Trinajstić information content (AvgIpc) is 2.86. The Morgan fingerprint density at radius 1 is 1.40 bits per heavy atom. The van der Waals surface area contributed by atoms with Gasteiger partial charge in [-0.05, 0) is 25.1 Å².